The van der Waals surface area contributed by atoms with Crippen molar-refractivity contribution in [2.45, 2.75) is 45.6 Å². The van der Waals surface area contributed by atoms with Gasteiger partial charge in [-0.05, 0) is 51.0 Å². The van der Waals surface area contributed by atoms with Crippen LogP contribution in [0.25, 0.3) is 0 Å². The maximum atomic E-state index is 14.3. The van der Waals surface area contributed by atoms with E-state index >= 15 is 0 Å². The van der Waals surface area contributed by atoms with E-state index in [-0.39, 0.29) is 12.0 Å². The van der Waals surface area contributed by atoms with Crippen LogP contribution < -0.4 is 0 Å². The number of rotatable bonds is 3. The second kappa shape index (κ2) is 5.04. The van der Waals surface area contributed by atoms with Crippen molar-refractivity contribution in [3.05, 3.63) is 28.9 Å². The van der Waals surface area contributed by atoms with E-state index in [1.807, 2.05) is 13.0 Å². The van der Waals surface area contributed by atoms with Gasteiger partial charge in [-0.25, -0.2) is 4.39 Å². The van der Waals surface area contributed by atoms with Crippen molar-refractivity contribution in [2.24, 2.45) is 5.92 Å². The van der Waals surface area contributed by atoms with Gasteiger partial charge in [0, 0.05) is 12.6 Å². The fraction of sp³-hybridized carbons (Fsp3) is 0.600. The van der Waals surface area contributed by atoms with E-state index in [4.69, 9.17) is 4.52 Å². The summed E-state index contributed by atoms with van der Waals surface area (Å²) in [5, 5.41) is 3.85. The van der Waals surface area contributed by atoms with E-state index < -0.39 is 11.7 Å². The molecule has 1 atom stereocenters. The Morgan fingerprint density at radius 3 is 2.80 bits per heavy atom. The Morgan fingerprint density at radius 2 is 2.20 bits per heavy atom. The summed E-state index contributed by atoms with van der Waals surface area (Å²) >= 11 is 0. The fourth-order valence-corrected chi connectivity index (χ4v) is 2.84. The van der Waals surface area contributed by atoms with Crippen molar-refractivity contribution in [1.29, 1.82) is 0 Å². The molecule has 0 aromatic carbocycles. The van der Waals surface area contributed by atoms with Crippen LogP contribution in [-0.2, 0) is 4.79 Å². The number of carbonyl (C=O) groups excluding carboxylic acids is 1. The van der Waals surface area contributed by atoms with E-state index in [1.54, 1.807) is 11.8 Å². The maximum Gasteiger partial charge on any atom is 0.283 e. The molecule has 2 fully saturated rings. The number of hydrogen-bond acceptors (Lipinski definition) is 3. The van der Waals surface area contributed by atoms with Gasteiger partial charge in [-0.1, -0.05) is 5.16 Å². The van der Waals surface area contributed by atoms with Gasteiger partial charge in [0.25, 0.3) is 5.91 Å². The van der Waals surface area contributed by atoms with Crippen LogP contribution in [0.5, 0.6) is 0 Å². The quantitative estimate of drug-likeness (QED) is 0.797. The number of allylic oxidation sites excluding steroid dienone is 1. The van der Waals surface area contributed by atoms with Crippen LogP contribution in [0.3, 0.4) is 0 Å². The first kappa shape index (κ1) is 13.3. The highest BCUT2D eigenvalue weighted by Crippen LogP contribution is 2.40. The summed E-state index contributed by atoms with van der Waals surface area (Å²) in [7, 11) is 0. The summed E-state index contributed by atoms with van der Waals surface area (Å²) in [6.45, 7) is 4.15. The van der Waals surface area contributed by atoms with Crippen LogP contribution >= 0.6 is 0 Å². The van der Waals surface area contributed by atoms with Crippen LogP contribution in [0.2, 0.25) is 0 Å². The zero-order chi connectivity index (χ0) is 14.3. The monoisotopic (exact) mass is 278 g/mol. The normalized spacial score (nSPS) is 23.9. The van der Waals surface area contributed by atoms with Gasteiger partial charge < -0.3 is 9.42 Å². The van der Waals surface area contributed by atoms with Gasteiger partial charge in [0.15, 0.2) is 11.6 Å². The summed E-state index contributed by atoms with van der Waals surface area (Å²) in [6.07, 6.45) is 3.66. The van der Waals surface area contributed by atoms with E-state index in [0.717, 1.165) is 31.4 Å². The number of halogens is 1. The zero-order valence-electron chi connectivity index (χ0n) is 11.9. The van der Waals surface area contributed by atoms with Crippen LogP contribution in [0.1, 0.15) is 50.1 Å². The molecule has 108 valence electrons. The lowest BCUT2D eigenvalue weighted by Gasteiger charge is -2.22. The van der Waals surface area contributed by atoms with Gasteiger partial charge >= 0.3 is 0 Å². The highest BCUT2D eigenvalue weighted by molar-refractivity contribution is 5.92. The average molecular weight is 278 g/mol. The Bertz CT molecular complexity index is 560. The first-order valence-corrected chi connectivity index (χ1v) is 7.18. The van der Waals surface area contributed by atoms with Gasteiger partial charge in [0.05, 0.1) is 11.7 Å². The minimum atomic E-state index is -0.573. The van der Waals surface area contributed by atoms with E-state index in [1.165, 1.54) is 0 Å². The highest BCUT2D eigenvalue weighted by Gasteiger charge is 2.36. The Balaban J connectivity index is 1.81. The molecule has 2 aliphatic rings. The number of amides is 1. The number of nitrogens with zero attached hydrogens (tertiary/aromatic N) is 2. The average Bonchev–Trinajstić information content (AvgIpc) is 3.01. The van der Waals surface area contributed by atoms with Gasteiger partial charge in [0.2, 0.25) is 0 Å². The third-order valence-corrected chi connectivity index (χ3v) is 4.21. The lowest BCUT2D eigenvalue weighted by molar-refractivity contribution is -0.130. The number of carbonyl (C=O) groups is 1. The molecule has 1 saturated carbocycles. The molecule has 1 aliphatic carbocycles. The molecule has 2 heterocycles. The third-order valence-electron chi connectivity index (χ3n) is 4.21. The first-order valence-electron chi connectivity index (χ1n) is 7.18. The summed E-state index contributed by atoms with van der Waals surface area (Å²) < 4.78 is 19.5. The molecule has 20 heavy (non-hydrogen) atoms. The van der Waals surface area contributed by atoms with Crippen molar-refractivity contribution in [3.63, 3.8) is 0 Å². The zero-order valence-corrected chi connectivity index (χ0v) is 11.9. The number of hydrogen-bond donors (Lipinski definition) is 0. The molecule has 1 saturated heterocycles. The second-order valence-corrected chi connectivity index (χ2v) is 5.80. The Morgan fingerprint density at radius 1 is 1.45 bits per heavy atom. The lowest BCUT2D eigenvalue weighted by Crippen LogP contribution is -2.31. The summed E-state index contributed by atoms with van der Waals surface area (Å²) in [6, 6.07) is 1.65. The molecule has 3 rings (SSSR count). The molecule has 1 aromatic heterocycles. The Hall–Kier alpha value is -1.65. The standard InChI is InChI=1S/C15H19FN2O2/c1-9-8-13(20-17-9)12-4-3-7-18(12)15(19)14(16)10(2)11-5-6-11/h8,11-12H,3-7H2,1-2H3. The maximum absolute atomic E-state index is 14.3. The van der Waals surface area contributed by atoms with E-state index in [9.17, 15) is 9.18 Å². The lowest BCUT2D eigenvalue weighted by atomic mass is 10.1. The molecule has 1 amide bonds. The van der Waals surface area contributed by atoms with Crippen LogP contribution in [-0.4, -0.2) is 22.5 Å². The molecule has 0 N–H and O–H groups in total. The number of likely N-dealkylation sites (tertiary alicyclic amines) is 1. The van der Waals surface area contributed by atoms with Gasteiger partial charge in [-0.15, -0.1) is 0 Å². The molecule has 0 bridgehead atoms. The summed E-state index contributed by atoms with van der Waals surface area (Å²) in [5.41, 5.74) is 1.39. The molecular formula is C15H19FN2O2. The first-order chi connectivity index (χ1) is 9.58. The largest absolute Gasteiger partial charge is 0.359 e. The molecule has 4 nitrogen and oxygen atoms in total. The van der Waals surface area contributed by atoms with Gasteiger partial charge in [-0.3, -0.25) is 4.79 Å². The predicted octanol–water partition coefficient (Wildman–Crippen LogP) is 3.30. The van der Waals surface area contributed by atoms with Gasteiger partial charge in [-0.2, -0.15) is 0 Å². The summed E-state index contributed by atoms with van der Waals surface area (Å²) in [5.74, 6) is -0.139. The van der Waals surface area contributed by atoms with Crippen molar-refractivity contribution < 1.29 is 13.7 Å². The van der Waals surface area contributed by atoms with Crippen LogP contribution in [0.4, 0.5) is 4.39 Å². The molecule has 0 radical (unpaired) electrons. The highest BCUT2D eigenvalue weighted by atomic mass is 19.1. The van der Waals surface area contributed by atoms with E-state index in [0.29, 0.717) is 17.9 Å². The SMILES string of the molecule is CC(=C(F)C(=O)N1CCCC1c1cc(C)no1)C1CC1. The van der Waals surface area contributed by atoms with Crippen LogP contribution in [0.15, 0.2) is 22.0 Å². The van der Waals surface area contributed by atoms with Crippen molar-refractivity contribution in [3.8, 4) is 0 Å². The smallest absolute Gasteiger partial charge is 0.283 e. The van der Waals surface area contributed by atoms with E-state index in [2.05, 4.69) is 5.16 Å². The second-order valence-electron chi connectivity index (χ2n) is 5.80. The van der Waals surface area contributed by atoms with Crippen molar-refractivity contribution in [2.75, 3.05) is 6.54 Å². The molecule has 1 aromatic rings. The van der Waals surface area contributed by atoms with Gasteiger partial charge in [0.1, 0.15) is 0 Å². The molecule has 1 aliphatic heterocycles. The molecular weight excluding hydrogens is 259 g/mol. The van der Waals surface area contributed by atoms with Crippen LogP contribution in [0, 0.1) is 12.8 Å². The minimum Gasteiger partial charge on any atom is -0.359 e. The minimum absolute atomic E-state index is 0.179. The van der Waals surface area contributed by atoms with Crippen molar-refractivity contribution in [1.82, 2.24) is 10.1 Å². The Labute approximate surface area is 117 Å². The number of aryl methyl sites for hydroxylation is 1. The topological polar surface area (TPSA) is 46.3 Å². The fourth-order valence-electron chi connectivity index (χ4n) is 2.84. The van der Waals surface area contributed by atoms with Crippen molar-refractivity contribution >= 4 is 5.91 Å². The molecule has 0 spiro atoms. The Kier molecular flexibility index (Phi) is 3.36. The number of aromatic nitrogens is 1. The molecule has 5 heteroatoms. The third kappa shape index (κ3) is 2.37. The molecule has 1 unspecified atom stereocenters. The summed E-state index contributed by atoms with van der Waals surface area (Å²) in [4.78, 5) is 13.9. The predicted molar refractivity (Wildman–Crippen MR) is 71.5 cm³/mol.